The lowest BCUT2D eigenvalue weighted by molar-refractivity contribution is -0.129. The highest BCUT2D eigenvalue weighted by atomic mass is 35.5. The Kier molecular flexibility index (Phi) is 6.49. The standard InChI is InChI=1S/C17H19ClFN5O3S3/c18-13-9-12(3-4-14(13)19)30(26,27)24-7-5-23(6-8-24)15(25)10-28-17-22-21-16(29-17)20-11-1-2-11/h3-4,9,11H,1-2,5-8,10H2,(H,20,21). The van der Waals surface area contributed by atoms with Crippen LogP contribution in [0, 0.1) is 5.82 Å². The normalized spacial score (nSPS) is 17.9. The van der Waals surface area contributed by atoms with Gasteiger partial charge in [-0.1, -0.05) is 34.7 Å². The third kappa shape index (κ3) is 5.05. The Balaban J connectivity index is 1.28. The van der Waals surface area contributed by atoms with Gasteiger partial charge < -0.3 is 10.2 Å². The molecule has 30 heavy (non-hydrogen) atoms. The fraction of sp³-hybridized carbons (Fsp3) is 0.471. The van der Waals surface area contributed by atoms with Gasteiger partial charge in [0.05, 0.1) is 15.7 Å². The van der Waals surface area contributed by atoms with Crippen molar-refractivity contribution in [1.29, 1.82) is 0 Å². The molecule has 0 spiro atoms. The van der Waals surface area contributed by atoms with Crippen molar-refractivity contribution in [2.75, 3.05) is 37.2 Å². The van der Waals surface area contributed by atoms with E-state index in [0.29, 0.717) is 6.04 Å². The molecule has 0 bridgehead atoms. The van der Waals surface area contributed by atoms with Crippen LogP contribution in [0.3, 0.4) is 0 Å². The molecule has 1 saturated heterocycles. The van der Waals surface area contributed by atoms with Gasteiger partial charge >= 0.3 is 0 Å². The number of benzene rings is 1. The van der Waals surface area contributed by atoms with E-state index < -0.39 is 15.8 Å². The van der Waals surface area contributed by atoms with Crippen LogP contribution in [-0.4, -0.2) is 71.7 Å². The Hall–Kier alpha value is -1.47. The van der Waals surface area contributed by atoms with Crippen molar-refractivity contribution in [2.45, 2.75) is 28.1 Å². The molecule has 13 heteroatoms. The number of nitrogens with one attached hydrogen (secondary N) is 1. The molecule has 1 N–H and O–H groups in total. The number of hydrogen-bond donors (Lipinski definition) is 1. The summed E-state index contributed by atoms with van der Waals surface area (Å²) in [5, 5.41) is 11.9. The van der Waals surface area contributed by atoms with E-state index in [2.05, 4.69) is 15.5 Å². The molecule has 4 rings (SSSR count). The first kappa shape index (κ1) is 21.8. The molecular formula is C17H19ClFN5O3S3. The maximum absolute atomic E-state index is 13.3. The molecule has 2 heterocycles. The average Bonchev–Trinajstić information content (AvgIpc) is 3.44. The van der Waals surface area contributed by atoms with Gasteiger partial charge in [0.15, 0.2) is 4.34 Å². The molecule has 2 aromatic rings. The molecule has 1 amide bonds. The summed E-state index contributed by atoms with van der Waals surface area (Å²) in [6, 6.07) is 3.83. The molecule has 2 fully saturated rings. The Morgan fingerprint density at radius 3 is 2.67 bits per heavy atom. The third-order valence-electron chi connectivity index (χ3n) is 4.75. The molecule has 0 atom stereocenters. The zero-order chi connectivity index (χ0) is 21.3. The lowest BCUT2D eigenvalue weighted by Crippen LogP contribution is -2.50. The van der Waals surface area contributed by atoms with Crippen molar-refractivity contribution in [3.05, 3.63) is 29.0 Å². The lowest BCUT2D eigenvalue weighted by atomic mass is 10.3. The number of aromatic nitrogens is 2. The molecule has 1 aromatic heterocycles. The topological polar surface area (TPSA) is 95.5 Å². The van der Waals surface area contributed by atoms with Crippen molar-refractivity contribution in [3.63, 3.8) is 0 Å². The van der Waals surface area contributed by atoms with Crippen molar-refractivity contribution >= 4 is 55.8 Å². The van der Waals surface area contributed by atoms with E-state index in [1.54, 1.807) is 4.90 Å². The fourth-order valence-corrected chi connectivity index (χ4v) is 6.33. The van der Waals surface area contributed by atoms with E-state index >= 15 is 0 Å². The number of anilines is 1. The van der Waals surface area contributed by atoms with Crippen molar-refractivity contribution in [2.24, 2.45) is 0 Å². The molecule has 1 saturated carbocycles. The number of nitrogens with zero attached hydrogens (tertiary/aromatic N) is 4. The zero-order valence-corrected chi connectivity index (χ0v) is 19.0. The van der Waals surface area contributed by atoms with Gasteiger partial charge in [-0.3, -0.25) is 4.79 Å². The number of carbonyl (C=O) groups excluding carboxylic acids is 1. The van der Waals surface area contributed by atoms with E-state index in [1.165, 1.54) is 33.5 Å². The number of halogens is 2. The quantitative estimate of drug-likeness (QED) is 0.594. The van der Waals surface area contributed by atoms with Crippen LogP contribution >= 0.6 is 34.7 Å². The first-order chi connectivity index (χ1) is 14.3. The Bertz CT molecular complexity index is 1040. The van der Waals surface area contributed by atoms with Crippen LogP contribution in [0.15, 0.2) is 27.4 Å². The summed E-state index contributed by atoms with van der Waals surface area (Å²) in [5.74, 6) is -0.526. The number of hydrogen-bond acceptors (Lipinski definition) is 8. The molecule has 1 aliphatic carbocycles. The summed E-state index contributed by atoms with van der Waals surface area (Å²) in [6.07, 6.45) is 2.30. The third-order valence-corrected chi connectivity index (χ3v) is 8.91. The fourth-order valence-electron chi connectivity index (χ4n) is 2.91. The number of sulfonamides is 1. The van der Waals surface area contributed by atoms with E-state index in [9.17, 15) is 17.6 Å². The number of piperazine rings is 1. The van der Waals surface area contributed by atoms with Gasteiger partial charge in [-0.15, -0.1) is 10.2 Å². The highest BCUT2D eigenvalue weighted by Crippen LogP contribution is 2.30. The second-order valence-corrected chi connectivity index (χ2v) is 11.5. The van der Waals surface area contributed by atoms with Gasteiger partial charge in [-0.05, 0) is 31.0 Å². The monoisotopic (exact) mass is 491 g/mol. The summed E-state index contributed by atoms with van der Waals surface area (Å²) >= 11 is 8.47. The maximum Gasteiger partial charge on any atom is 0.243 e. The Morgan fingerprint density at radius 1 is 1.27 bits per heavy atom. The van der Waals surface area contributed by atoms with Crippen molar-refractivity contribution < 1.29 is 17.6 Å². The van der Waals surface area contributed by atoms with Crippen molar-refractivity contribution in [1.82, 2.24) is 19.4 Å². The van der Waals surface area contributed by atoms with Crippen LogP contribution in [0.2, 0.25) is 5.02 Å². The average molecular weight is 492 g/mol. The predicted octanol–water partition coefficient (Wildman–Crippen LogP) is 2.53. The second-order valence-electron chi connectivity index (χ2n) is 6.94. The summed E-state index contributed by atoms with van der Waals surface area (Å²) in [6.45, 7) is 0.917. The van der Waals surface area contributed by atoms with Gasteiger partial charge in [0, 0.05) is 32.2 Å². The van der Waals surface area contributed by atoms with E-state index in [1.807, 2.05) is 0 Å². The molecule has 0 radical (unpaired) electrons. The van der Waals surface area contributed by atoms with E-state index in [4.69, 9.17) is 11.6 Å². The molecule has 0 unspecified atom stereocenters. The van der Waals surface area contributed by atoms with Crippen LogP contribution in [0.25, 0.3) is 0 Å². The molecule has 2 aliphatic rings. The summed E-state index contributed by atoms with van der Waals surface area (Å²) in [7, 11) is -3.79. The highest BCUT2D eigenvalue weighted by Gasteiger charge is 2.30. The Morgan fingerprint density at radius 2 is 2.00 bits per heavy atom. The van der Waals surface area contributed by atoms with E-state index in [0.717, 1.165) is 34.4 Å². The Labute approximate surface area is 186 Å². The van der Waals surface area contributed by atoms with Crippen LogP contribution in [0.1, 0.15) is 12.8 Å². The maximum atomic E-state index is 13.3. The zero-order valence-electron chi connectivity index (χ0n) is 15.8. The molecule has 162 valence electrons. The van der Waals surface area contributed by atoms with Gasteiger partial charge in [-0.2, -0.15) is 4.31 Å². The van der Waals surface area contributed by atoms with E-state index in [-0.39, 0.29) is 47.8 Å². The predicted molar refractivity (Wildman–Crippen MR) is 114 cm³/mol. The number of amides is 1. The van der Waals surface area contributed by atoms with Crippen LogP contribution in [0.4, 0.5) is 9.52 Å². The number of carbonyl (C=O) groups is 1. The van der Waals surface area contributed by atoms with Gasteiger partial charge in [-0.25, -0.2) is 12.8 Å². The minimum absolute atomic E-state index is 0.0592. The molecular weight excluding hydrogens is 473 g/mol. The molecule has 1 aromatic carbocycles. The van der Waals surface area contributed by atoms with Crippen LogP contribution < -0.4 is 5.32 Å². The SMILES string of the molecule is O=C(CSc1nnc(NC2CC2)s1)N1CCN(S(=O)(=O)c2ccc(F)c(Cl)c2)CC1. The van der Waals surface area contributed by atoms with Crippen molar-refractivity contribution in [3.8, 4) is 0 Å². The molecule has 1 aliphatic heterocycles. The van der Waals surface area contributed by atoms with Crippen LogP contribution in [-0.2, 0) is 14.8 Å². The van der Waals surface area contributed by atoms with Gasteiger partial charge in [0.1, 0.15) is 5.82 Å². The van der Waals surface area contributed by atoms with Gasteiger partial charge in [0.2, 0.25) is 21.1 Å². The lowest BCUT2D eigenvalue weighted by Gasteiger charge is -2.34. The summed E-state index contributed by atoms with van der Waals surface area (Å²) in [4.78, 5) is 14.1. The minimum Gasteiger partial charge on any atom is -0.357 e. The first-order valence-electron chi connectivity index (χ1n) is 9.29. The van der Waals surface area contributed by atoms with Crippen LogP contribution in [0.5, 0.6) is 0 Å². The van der Waals surface area contributed by atoms with Gasteiger partial charge in [0.25, 0.3) is 0 Å². The molecule has 8 nitrogen and oxygen atoms in total. The minimum atomic E-state index is -3.79. The number of thioether (sulfide) groups is 1. The number of rotatable bonds is 7. The largest absolute Gasteiger partial charge is 0.357 e. The second kappa shape index (κ2) is 8.95. The summed E-state index contributed by atoms with van der Waals surface area (Å²) < 4.78 is 40.8. The first-order valence-corrected chi connectivity index (χ1v) is 12.9. The highest BCUT2D eigenvalue weighted by molar-refractivity contribution is 8.01. The smallest absolute Gasteiger partial charge is 0.243 e. The summed E-state index contributed by atoms with van der Waals surface area (Å²) in [5.41, 5.74) is 0.